The third kappa shape index (κ3) is 5.36. The molecule has 0 saturated carbocycles. The first-order chi connectivity index (χ1) is 12.6. The summed E-state index contributed by atoms with van der Waals surface area (Å²) >= 11 is 14.1. The molecule has 6 nitrogen and oxygen atoms in total. The maximum Gasteiger partial charge on any atom is 0.224 e. The number of nitrogens with zero attached hydrogens (tertiary/aromatic N) is 3. The Balaban J connectivity index is 1.46. The highest BCUT2D eigenvalue weighted by Crippen LogP contribution is 2.27. The molecular weight excluding hydrogens is 393 g/mol. The minimum atomic E-state index is 0.000271. The summed E-state index contributed by atoms with van der Waals surface area (Å²) in [5, 5.41) is 11.7. The van der Waals surface area contributed by atoms with Crippen molar-refractivity contribution in [3.63, 3.8) is 0 Å². The number of nitrogens with one attached hydrogen (secondary N) is 2. The minimum absolute atomic E-state index is 0.000271. The van der Waals surface area contributed by atoms with Gasteiger partial charge in [-0.25, -0.2) is 4.98 Å². The molecule has 9 heteroatoms. The Morgan fingerprint density at radius 2 is 2.19 bits per heavy atom. The van der Waals surface area contributed by atoms with E-state index in [0.29, 0.717) is 23.1 Å². The van der Waals surface area contributed by atoms with E-state index in [0.717, 1.165) is 42.4 Å². The second-order valence-corrected chi connectivity index (χ2v) is 8.10. The van der Waals surface area contributed by atoms with Crippen molar-refractivity contribution in [2.45, 2.75) is 24.5 Å². The predicted octanol–water partition coefficient (Wildman–Crippen LogP) is 3.23. The van der Waals surface area contributed by atoms with Crippen molar-refractivity contribution in [2.24, 2.45) is 5.92 Å². The van der Waals surface area contributed by atoms with Gasteiger partial charge in [-0.05, 0) is 31.5 Å². The molecule has 140 valence electrons. The lowest BCUT2D eigenvalue weighted by molar-refractivity contribution is -0.126. The van der Waals surface area contributed by atoms with Crippen LogP contribution in [-0.4, -0.2) is 51.4 Å². The average molecular weight is 414 g/mol. The van der Waals surface area contributed by atoms with E-state index in [1.165, 1.54) is 18.1 Å². The lowest BCUT2D eigenvalue weighted by atomic mass is 9.96. The number of halogens is 2. The predicted molar refractivity (Wildman–Crippen MR) is 105 cm³/mol. The number of carbonyl (C=O) groups excluding carboxylic acids is 1. The second-order valence-electron chi connectivity index (χ2n) is 6.20. The van der Waals surface area contributed by atoms with Gasteiger partial charge in [-0.15, -0.1) is 0 Å². The number of benzene rings is 1. The molecule has 2 N–H and O–H groups in total. The molecule has 3 rings (SSSR count). The third-order valence-electron chi connectivity index (χ3n) is 4.35. The van der Waals surface area contributed by atoms with Gasteiger partial charge in [-0.2, -0.15) is 5.10 Å². The zero-order chi connectivity index (χ0) is 18.4. The van der Waals surface area contributed by atoms with Crippen LogP contribution in [-0.2, 0) is 11.3 Å². The van der Waals surface area contributed by atoms with Gasteiger partial charge in [0, 0.05) is 41.0 Å². The third-order valence-corrected chi connectivity index (χ3v) is 5.94. The summed E-state index contributed by atoms with van der Waals surface area (Å²) in [7, 11) is 0. The maximum atomic E-state index is 12.5. The molecule has 1 aromatic heterocycles. The Morgan fingerprint density at radius 3 is 2.92 bits per heavy atom. The van der Waals surface area contributed by atoms with Crippen LogP contribution in [0, 0.1) is 5.92 Å². The number of H-pyrrole nitrogens is 1. The van der Waals surface area contributed by atoms with E-state index in [4.69, 9.17) is 23.2 Å². The molecular formula is C17H21Cl2N5OS. The molecule has 2 heterocycles. The van der Waals surface area contributed by atoms with E-state index in [9.17, 15) is 4.79 Å². The molecule has 0 unspecified atom stereocenters. The number of likely N-dealkylation sites (tertiary alicyclic amines) is 1. The van der Waals surface area contributed by atoms with Crippen LogP contribution in [0.1, 0.15) is 18.4 Å². The molecule has 0 spiro atoms. The fourth-order valence-electron chi connectivity index (χ4n) is 3.05. The Morgan fingerprint density at radius 1 is 1.38 bits per heavy atom. The number of rotatable bonds is 7. The van der Waals surface area contributed by atoms with Crippen LogP contribution in [0.3, 0.4) is 0 Å². The summed E-state index contributed by atoms with van der Waals surface area (Å²) < 4.78 is 0. The van der Waals surface area contributed by atoms with E-state index in [1.54, 1.807) is 0 Å². The van der Waals surface area contributed by atoms with Crippen LogP contribution in [0.25, 0.3) is 0 Å². The highest BCUT2D eigenvalue weighted by molar-refractivity contribution is 7.99. The molecule has 26 heavy (non-hydrogen) atoms. The number of piperidine rings is 1. The molecule has 1 aliphatic rings. The Bertz CT molecular complexity index is 708. The monoisotopic (exact) mass is 413 g/mol. The highest BCUT2D eigenvalue weighted by Gasteiger charge is 2.26. The van der Waals surface area contributed by atoms with E-state index in [2.05, 4.69) is 25.4 Å². The van der Waals surface area contributed by atoms with Crippen LogP contribution in [0.2, 0.25) is 10.0 Å². The zero-order valence-electron chi connectivity index (χ0n) is 14.3. The fourth-order valence-corrected chi connectivity index (χ4v) is 4.20. The van der Waals surface area contributed by atoms with Crippen molar-refractivity contribution >= 4 is 40.9 Å². The second kappa shape index (κ2) is 9.60. The van der Waals surface area contributed by atoms with Crippen molar-refractivity contribution in [3.05, 3.63) is 40.1 Å². The largest absolute Gasteiger partial charge is 0.355 e. The minimum Gasteiger partial charge on any atom is -0.355 e. The van der Waals surface area contributed by atoms with Gasteiger partial charge in [0.2, 0.25) is 5.91 Å². The summed E-state index contributed by atoms with van der Waals surface area (Å²) in [5.74, 6) is 0.866. The summed E-state index contributed by atoms with van der Waals surface area (Å²) in [6, 6.07) is 5.55. The van der Waals surface area contributed by atoms with Crippen LogP contribution in [0.5, 0.6) is 0 Å². The van der Waals surface area contributed by atoms with E-state index in [-0.39, 0.29) is 11.8 Å². The van der Waals surface area contributed by atoms with Crippen molar-refractivity contribution in [1.82, 2.24) is 25.4 Å². The maximum absolute atomic E-state index is 12.5. The normalized spacial score (nSPS) is 18.0. The van der Waals surface area contributed by atoms with Crippen LogP contribution in [0.4, 0.5) is 0 Å². The smallest absolute Gasteiger partial charge is 0.224 e. The molecule has 0 radical (unpaired) electrons. The number of hydrogen-bond acceptors (Lipinski definition) is 5. The molecule has 1 aliphatic heterocycles. The van der Waals surface area contributed by atoms with Crippen molar-refractivity contribution in [1.29, 1.82) is 0 Å². The molecule has 0 bridgehead atoms. The molecule has 1 fully saturated rings. The Hall–Kier alpha value is -1.28. The SMILES string of the molecule is O=C(NCCSc1ncn[nH]1)[C@@H]1CCCN(Cc2c(Cl)cccc2Cl)C1. The molecule has 1 amide bonds. The Labute approximate surface area is 167 Å². The fraction of sp³-hybridized carbons (Fsp3) is 0.471. The number of aromatic nitrogens is 3. The first kappa shape index (κ1) is 19.5. The van der Waals surface area contributed by atoms with E-state index >= 15 is 0 Å². The molecule has 1 aromatic carbocycles. The average Bonchev–Trinajstić information content (AvgIpc) is 3.15. The van der Waals surface area contributed by atoms with Crippen molar-refractivity contribution in [2.75, 3.05) is 25.4 Å². The Kier molecular flexibility index (Phi) is 7.19. The van der Waals surface area contributed by atoms with Gasteiger partial charge in [0.25, 0.3) is 0 Å². The summed E-state index contributed by atoms with van der Waals surface area (Å²) in [6.45, 7) is 2.95. The van der Waals surface area contributed by atoms with Crippen molar-refractivity contribution in [3.8, 4) is 0 Å². The quantitative estimate of drug-likeness (QED) is 0.538. The van der Waals surface area contributed by atoms with Gasteiger partial charge in [0.1, 0.15) is 6.33 Å². The standard InChI is InChI=1S/C17H21Cl2N5OS/c18-14-4-1-5-15(19)13(14)10-24-7-2-3-12(9-24)16(25)20-6-8-26-17-21-11-22-23-17/h1,4-5,11-12H,2-3,6-10H2,(H,20,25)(H,21,22,23)/t12-/m1/s1. The molecule has 1 saturated heterocycles. The van der Waals surface area contributed by atoms with Crippen LogP contribution in [0.15, 0.2) is 29.7 Å². The summed E-state index contributed by atoms with van der Waals surface area (Å²) in [4.78, 5) is 18.8. The van der Waals surface area contributed by atoms with Gasteiger partial charge in [0.15, 0.2) is 5.16 Å². The molecule has 1 atom stereocenters. The van der Waals surface area contributed by atoms with Gasteiger partial charge in [-0.1, -0.05) is 41.0 Å². The zero-order valence-corrected chi connectivity index (χ0v) is 16.6. The topological polar surface area (TPSA) is 73.9 Å². The van der Waals surface area contributed by atoms with Crippen LogP contribution < -0.4 is 5.32 Å². The molecule has 0 aliphatic carbocycles. The van der Waals surface area contributed by atoms with Gasteiger partial charge >= 0.3 is 0 Å². The summed E-state index contributed by atoms with van der Waals surface area (Å²) in [5.41, 5.74) is 0.931. The highest BCUT2D eigenvalue weighted by atomic mass is 35.5. The number of amides is 1. The lowest BCUT2D eigenvalue weighted by Gasteiger charge is -2.32. The van der Waals surface area contributed by atoms with Crippen LogP contribution >= 0.6 is 35.0 Å². The van der Waals surface area contributed by atoms with Gasteiger partial charge in [-0.3, -0.25) is 14.8 Å². The van der Waals surface area contributed by atoms with Crippen molar-refractivity contribution < 1.29 is 4.79 Å². The van der Waals surface area contributed by atoms with Gasteiger partial charge in [0.05, 0.1) is 5.92 Å². The lowest BCUT2D eigenvalue weighted by Crippen LogP contribution is -2.43. The number of carbonyl (C=O) groups is 1. The van der Waals surface area contributed by atoms with E-state index in [1.807, 2.05) is 18.2 Å². The number of thioether (sulfide) groups is 1. The van der Waals surface area contributed by atoms with Gasteiger partial charge < -0.3 is 5.32 Å². The first-order valence-electron chi connectivity index (χ1n) is 8.54. The van der Waals surface area contributed by atoms with E-state index < -0.39 is 0 Å². The summed E-state index contributed by atoms with van der Waals surface area (Å²) in [6.07, 6.45) is 3.38. The number of aromatic amines is 1. The first-order valence-corrected chi connectivity index (χ1v) is 10.3. The molecule has 2 aromatic rings. The number of hydrogen-bond donors (Lipinski definition) is 2.